The summed E-state index contributed by atoms with van der Waals surface area (Å²) in [5.74, 6) is -0.644. The van der Waals surface area contributed by atoms with Gasteiger partial charge in [0.15, 0.2) is 6.26 Å². The first kappa shape index (κ1) is 23.4. The van der Waals surface area contributed by atoms with E-state index in [2.05, 4.69) is 0 Å². The second-order valence-electron chi connectivity index (χ2n) is 8.30. The van der Waals surface area contributed by atoms with Gasteiger partial charge < -0.3 is 19.0 Å². The number of aromatic nitrogens is 2. The van der Waals surface area contributed by atoms with E-state index in [0.29, 0.717) is 36.6 Å². The molecule has 10 heteroatoms. The highest BCUT2D eigenvalue weighted by Gasteiger charge is 2.31. The highest BCUT2D eigenvalue weighted by Crippen LogP contribution is 2.46. The maximum atomic E-state index is 12.4. The van der Waals surface area contributed by atoms with Gasteiger partial charge in [-0.3, -0.25) is 4.79 Å². The van der Waals surface area contributed by atoms with Gasteiger partial charge in [-0.05, 0) is 49.4 Å². The van der Waals surface area contributed by atoms with E-state index in [1.807, 2.05) is 31.2 Å². The van der Waals surface area contributed by atoms with Crippen molar-refractivity contribution in [3.63, 3.8) is 0 Å². The molecule has 1 N–H and O–H groups in total. The van der Waals surface area contributed by atoms with Crippen molar-refractivity contribution in [1.82, 2.24) is 9.55 Å². The van der Waals surface area contributed by atoms with Crippen LogP contribution in [0.15, 0.2) is 39.7 Å². The van der Waals surface area contributed by atoms with Crippen molar-refractivity contribution in [2.75, 3.05) is 13.7 Å². The van der Waals surface area contributed by atoms with E-state index < -0.39 is 5.76 Å². The molecule has 0 aliphatic heterocycles. The quantitative estimate of drug-likeness (QED) is 0.368. The molecule has 0 fully saturated rings. The van der Waals surface area contributed by atoms with Gasteiger partial charge in [-0.2, -0.15) is 0 Å². The van der Waals surface area contributed by atoms with Gasteiger partial charge in [0.1, 0.15) is 10.6 Å². The summed E-state index contributed by atoms with van der Waals surface area (Å²) in [6.07, 6.45) is 2.98. The second-order valence-corrected chi connectivity index (χ2v) is 9.76. The topological polar surface area (TPSA) is 104 Å². The summed E-state index contributed by atoms with van der Waals surface area (Å²) in [5.41, 5.74) is 3.25. The summed E-state index contributed by atoms with van der Waals surface area (Å²) in [6, 6.07) is 7.58. The lowest BCUT2D eigenvalue weighted by Crippen LogP contribution is -2.23. The molecule has 0 amide bonds. The molecule has 0 saturated heterocycles. The summed E-state index contributed by atoms with van der Waals surface area (Å²) in [4.78, 5) is 31.1. The van der Waals surface area contributed by atoms with Crippen LogP contribution in [0, 0.1) is 5.92 Å². The van der Waals surface area contributed by atoms with E-state index in [4.69, 9.17) is 30.5 Å². The molecule has 3 aromatic heterocycles. The number of rotatable bonds is 6. The summed E-state index contributed by atoms with van der Waals surface area (Å²) in [7, 11) is 1.61. The van der Waals surface area contributed by atoms with Gasteiger partial charge in [-0.1, -0.05) is 23.7 Å². The molecule has 1 aliphatic rings. The zero-order valence-corrected chi connectivity index (χ0v) is 20.7. The van der Waals surface area contributed by atoms with Gasteiger partial charge in [0.05, 0.1) is 36.9 Å². The fraction of sp³-hybridized carbons (Fsp3) is 0.320. The molecule has 0 saturated carbocycles. The lowest BCUT2D eigenvalue weighted by molar-refractivity contribution is -0.148. The van der Waals surface area contributed by atoms with Crippen LogP contribution in [-0.2, 0) is 28.9 Å². The number of ether oxygens (including phenoxy) is 2. The molecule has 3 heterocycles. The molecular weight excluding hydrogens is 492 g/mol. The number of esters is 1. The van der Waals surface area contributed by atoms with Crippen molar-refractivity contribution >= 4 is 39.1 Å². The van der Waals surface area contributed by atoms with Crippen LogP contribution >= 0.6 is 22.9 Å². The fourth-order valence-corrected chi connectivity index (χ4v) is 6.18. The number of pyridine rings is 1. The van der Waals surface area contributed by atoms with Gasteiger partial charge in [0.25, 0.3) is 0 Å². The monoisotopic (exact) mass is 514 g/mol. The summed E-state index contributed by atoms with van der Waals surface area (Å²) < 4.78 is 16.4. The van der Waals surface area contributed by atoms with Crippen LogP contribution in [-0.4, -0.2) is 34.3 Å². The van der Waals surface area contributed by atoms with Crippen molar-refractivity contribution in [1.29, 1.82) is 0 Å². The van der Waals surface area contributed by atoms with Crippen molar-refractivity contribution in [3.8, 4) is 22.8 Å². The number of nitrogens with zero attached hydrogens (tertiary/aromatic N) is 2. The SMILES string of the molecule is CCOC(=O)C1CCc2c(sc3nc(Cn4c(O)coc4=O)c(Cl)c(-c4ccc(OC)cc4)c23)C1. The Hall–Kier alpha value is -3.30. The molecular formula is C25H23ClN2O6S. The van der Waals surface area contributed by atoms with Crippen LogP contribution in [0.3, 0.4) is 0 Å². The van der Waals surface area contributed by atoms with E-state index in [1.165, 1.54) is 11.3 Å². The first-order valence-electron chi connectivity index (χ1n) is 11.2. The number of methoxy groups -OCH3 is 1. The normalized spacial score (nSPS) is 15.2. The third kappa shape index (κ3) is 4.19. The first-order valence-corrected chi connectivity index (χ1v) is 12.4. The number of aromatic hydroxyl groups is 1. The number of aryl methyl sites for hydroxylation is 1. The smallest absolute Gasteiger partial charge is 0.422 e. The molecule has 4 aromatic rings. The molecule has 1 aromatic carbocycles. The standard InChI is InChI=1S/C25H23ClN2O6S/c1-3-33-24(30)14-6-9-16-18(10-14)35-23-21(16)20(13-4-7-15(32-2)8-5-13)22(26)17(27-23)11-28-19(29)12-34-25(28)31/h4-5,7-8,12,14,29H,3,6,9-11H2,1-2H3. The Kier molecular flexibility index (Phi) is 6.29. The maximum absolute atomic E-state index is 12.4. The van der Waals surface area contributed by atoms with Crippen LogP contribution in [0.1, 0.15) is 29.5 Å². The third-order valence-electron chi connectivity index (χ3n) is 6.27. The molecule has 182 valence electrons. The van der Waals surface area contributed by atoms with Gasteiger partial charge in [-0.15, -0.1) is 11.3 Å². The van der Waals surface area contributed by atoms with Crippen LogP contribution in [0.5, 0.6) is 11.6 Å². The van der Waals surface area contributed by atoms with Crippen molar-refractivity contribution < 1.29 is 23.8 Å². The molecule has 0 radical (unpaired) electrons. The van der Waals surface area contributed by atoms with Crippen LogP contribution in [0.4, 0.5) is 0 Å². The summed E-state index contributed by atoms with van der Waals surface area (Å²) in [5, 5.41) is 11.4. The van der Waals surface area contributed by atoms with Crippen LogP contribution in [0.25, 0.3) is 21.3 Å². The van der Waals surface area contributed by atoms with Crippen LogP contribution in [0.2, 0.25) is 5.02 Å². The lowest BCUT2D eigenvalue weighted by Gasteiger charge is -2.21. The molecule has 35 heavy (non-hydrogen) atoms. The first-order chi connectivity index (χ1) is 16.9. The van der Waals surface area contributed by atoms with Crippen LogP contribution < -0.4 is 10.5 Å². The largest absolute Gasteiger partial charge is 0.497 e. The Balaban J connectivity index is 1.68. The van der Waals surface area contributed by atoms with Gasteiger partial charge in [0, 0.05) is 15.8 Å². The number of thiophene rings is 1. The Morgan fingerprint density at radius 3 is 2.77 bits per heavy atom. The summed E-state index contributed by atoms with van der Waals surface area (Å²) in [6.45, 7) is 2.12. The van der Waals surface area contributed by atoms with E-state index >= 15 is 0 Å². The molecule has 0 spiro atoms. The second kappa shape index (κ2) is 9.39. The third-order valence-corrected chi connectivity index (χ3v) is 7.83. The highest BCUT2D eigenvalue weighted by atomic mass is 35.5. The van der Waals surface area contributed by atoms with Crippen molar-refractivity contribution in [2.45, 2.75) is 32.7 Å². The van der Waals surface area contributed by atoms with Crippen molar-refractivity contribution in [3.05, 3.63) is 62.2 Å². The summed E-state index contributed by atoms with van der Waals surface area (Å²) >= 11 is 8.47. The zero-order valence-electron chi connectivity index (χ0n) is 19.2. The Bertz CT molecular complexity index is 1470. The number of carbonyl (C=O) groups excluding carboxylic acids is 1. The highest BCUT2D eigenvalue weighted by molar-refractivity contribution is 7.19. The lowest BCUT2D eigenvalue weighted by atomic mass is 9.86. The Morgan fingerprint density at radius 1 is 1.34 bits per heavy atom. The van der Waals surface area contributed by atoms with E-state index in [0.717, 1.165) is 48.4 Å². The average molecular weight is 515 g/mol. The molecule has 0 bridgehead atoms. The van der Waals surface area contributed by atoms with E-state index in [-0.39, 0.29) is 24.3 Å². The Morgan fingerprint density at radius 2 is 2.11 bits per heavy atom. The van der Waals surface area contributed by atoms with Crippen molar-refractivity contribution in [2.24, 2.45) is 5.92 Å². The predicted molar refractivity (Wildman–Crippen MR) is 133 cm³/mol. The number of carbonyl (C=O) groups is 1. The minimum absolute atomic E-state index is 0.0485. The van der Waals surface area contributed by atoms with Gasteiger partial charge in [-0.25, -0.2) is 14.3 Å². The molecule has 1 aliphatic carbocycles. The van der Waals surface area contributed by atoms with E-state index in [9.17, 15) is 14.7 Å². The fourth-order valence-electron chi connectivity index (χ4n) is 4.55. The predicted octanol–water partition coefficient (Wildman–Crippen LogP) is 4.80. The number of fused-ring (bicyclic) bond motifs is 3. The average Bonchev–Trinajstić information content (AvgIpc) is 3.38. The molecule has 8 nitrogen and oxygen atoms in total. The van der Waals surface area contributed by atoms with E-state index in [1.54, 1.807) is 7.11 Å². The molecule has 1 unspecified atom stereocenters. The zero-order chi connectivity index (χ0) is 24.7. The number of halogens is 1. The van der Waals surface area contributed by atoms with Gasteiger partial charge >= 0.3 is 11.7 Å². The number of benzene rings is 1. The minimum atomic E-state index is -0.700. The number of hydrogen-bond acceptors (Lipinski definition) is 8. The van der Waals surface area contributed by atoms with Gasteiger partial charge in [0.2, 0.25) is 5.88 Å². The number of hydrogen-bond donors (Lipinski definition) is 1. The maximum Gasteiger partial charge on any atom is 0.422 e. The minimum Gasteiger partial charge on any atom is -0.497 e. The molecule has 5 rings (SSSR count). The molecule has 1 atom stereocenters. The number of oxazole rings is 1. The Labute approximate surface area is 209 Å².